The van der Waals surface area contributed by atoms with Gasteiger partial charge in [-0.15, -0.1) is 0 Å². The molecule has 0 saturated carbocycles. The Hall–Kier alpha value is -1.59. The SMILES string of the molecule is CCCCOC(=O)CCCCCCC(=O)OCCCCCCC(=O)O. The summed E-state index contributed by atoms with van der Waals surface area (Å²) in [5, 5.41) is 8.50. The molecule has 0 fully saturated rings. The van der Waals surface area contributed by atoms with Gasteiger partial charge >= 0.3 is 17.9 Å². The standard InChI is InChI=1S/C19H34O6/c1-2-3-15-24-18(22)13-9-4-5-10-14-19(23)25-16-11-7-6-8-12-17(20)21/h2-16H2,1H3,(H,20,21). The second-order valence-electron chi connectivity index (χ2n) is 6.27. The molecule has 0 spiro atoms. The minimum absolute atomic E-state index is 0.129. The van der Waals surface area contributed by atoms with Gasteiger partial charge in [-0.3, -0.25) is 14.4 Å². The summed E-state index contributed by atoms with van der Waals surface area (Å²) in [4.78, 5) is 33.3. The van der Waals surface area contributed by atoms with E-state index in [0.29, 0.717) is 32.5 Å². The molecule has 0 rings (SSSR count). The molecule has 0 aromatic rings. The lowest BCUT2D eigenvalue weighted by molar-refractivity contribution is -0.145. The van der Waals surface area contributed by atoms with Crippen LogP contribution in [0.1, 0.15) is 90.4 Å². The zero-order valence-electron chi connectivity index (χ0n) is 15.6. The molecule has 0 saturated heterocycles. The van der Waals surface area contributed by atoms with E-state index >= 15 is 0 Å². The predicted molar refractivity (Wildman–Crippen MR) is 95.2 cm³/mol. The number of ether oxygens (including phenoxy) is 2. The number of esters is 2. The van der Waals surface area contributed by atoms with Crippen LogP contribution < -0.4 is 0 Å². The van der Waals surface area contributed by atoms with Crippen molar-refractivity contribution in [2.45, 2.75) is 90.4 Å². The highest BCUT2D eigenvalue weighted by Crippen LogP contribution is 2.08. The number of carboxylic acid groups (broad SMARTS) is 1. The molecule has 0 aromatic heterocycles. The summed E-state index contributed by atoms with van der Waals surface area (Å²) in [7, 11) is 0. The van der Waals surface area contributed by atoms with Crippen molar-refractivity contribution in [3.63, 3.8) is 0 Å². The van der Waals surface area contributed by atoms with Crippen LogP contribution in [0, 0.1) is 0 Å². The van der Waals surface area contributed by atoms with E-state index in [2.05, 4.69) is 6.92 Å². The van der Waals surface area contributed by atoms with Crippen molar-refractivity contribution in [2.24, 2.45) is 0 Å². The van der Waals surface area contributed by atoms with Crippen molar-refractivity contribution in [1.29, 1.82) is 0 Å². The number of carbonyl (C=O) groups is 3. The van der Waals surface area contributed by atoms with Crippen LogP contribution in [-0.2, 0) is 23.9 Å². The number of hydrogen-bond acceptors (Lipinski definition) is 5. The molecule has 146 valence electrons. The molecule has 0 radical (unpaired) electrons. The Kier molecular flexibility index (Phi) is 16.1. The summed E-state index contributed by atoms with van der Waals surface area (Å²) in [5.74, 6) is -1.07. The van der Waals surface area contributed by atoms with Crippen LogP contribution in [0.3, 0.4) is 0 Å². The van der Waals surface area contributed by atoms with Gasteiger partial charge in [0.15, 0.2) is 0 Å². The zero-order valence-corrected chi connectivity index (χ0v) is 15.6. The second-order valence-corrected chi connectivity index (χ2v) is 6.27. The fraction of sp³-hybridized carbons (Fsp3) is 0.842. The van der Waals surface area contributed by atoms with Gasteiger partial charge < -0.3 is 14.6 Å². The van der Waals surface area contributed by atoms with Crippen LogP contribution in [0.2, 0.25) is 0 Å². The Morgan fingerprint density at radius 1 is 0.640 bits per heavy atom. The summed E-state index contributed by atoms with van der Waals surface area (Å²) < 4.78 is 10.2. The maximum atomic E-state index is 11.5. The van der Waals surface area contributed by atoms with Crippen LogP contribution in [0.15, 0.2) is 0 Å². The van der Waals surface area contributed by atoms with Gasteiger partial charge in [-0.05, 0) is 32.1 Å². The number of aliphatic carboxylic acids is 1. The largest absolute Gasteiger partial charge is 0.481 e. The van der Waals surface area contributed by atoms with Crippen molar-refractivity contribution in [2.75, 3.05) is 13.2 Å². The Morgan fingerprint density at radius 3 is 1.56 bits per heavy atom. The van der Waals surface area contributed by atoms with E-state index in [1.807, 2.05) is 0 Å². The van der Waals surface area contributed by atoms with Gasteiger partial charge in [-0.2, -0.15) is 0 Å². The van der Waals surface area contributed by atoms with E-state index in [0.717, 1.165) is 57.8 Å². The number of carbonyl (C=O) groups excluding carboxylic acids is 2. The highest BCUT2D eigenvalue weighted by atomic mass is 16.5. The van der Waals surface area contributed by atoms with Gasteiger partial charge in [0.2, 0.25) is 0 Å². The molecule has 0 heterocycles. The quantitative estimate of drug-likeness (QED) is 0.309. The molecule has 0 atom stereocenters. The topological polar surface area (TPSA) is 89.9 Å². The summed E-state index contributed by atoms with van der Waals surface area (Å²) in [6, 6.07) is 0. The Morgan fingerprint density at radius 2 is 1.08 bits per heavy atom. The van der Waals surface area contributed by atoms with Gasteiger partial charge in [0.25, 0.3) is 0 Å². The van der Waals surface area contributed by atoms with Crippen molar-refractivity contribution >= 4 is 17.9 Å². The van der Waals surface area contributed by atoms with Crippen molar-refractivity contribution in [3.05, 3.63) is 0 Å². The van der Waals surface area contributed by atoms with Crippen molar-refractivity contribution < 1.29 is 29.0 Å². The van der Waals surface area contributed by atoms with Gasteiger partial charge in [0, 0.05) is 19.3 Å². The normalized spacial score (nSPS) is 10.4. The third-order valence-corrected chi connectivity index (χ3v) is 3.82. The van der Waals surface area contributed by atoms with Crippen LogP contribution in [-0.4, -0.2) is 36.2 Å². The fourth-order valence-electron chi connectivity index (χ4n) is 2.28. The number of rotatable bonds is 17. The van der Waals surface area contributed by atoms with Gasteiger partial charge in [-0.1, -0.05) is 39.0 Å². The van der Waals surface area contributed by atoms with Gasteiger partial charge in [0.05, 0.1) is 13.2 Å². The molecule has 0 aliphatic rings. The molecule has 0 amide bonds. The van der Waals surface area contributed by atoms with E-state index in [-0.39, 0.29) is 18.4 Å². The molecule has 0 unspecified atom stereocenters. The first-order valence-electron chi connectivity index (χ1n) is 9.59. The summed E-state index contributed by atoms with van der Waals surface area (Å²) >= 11 is 0. The third-order valence-electron chi connectivity index (χ3n) is 3.82. The van der Waals surface area contributed by atoms with Crippen LogP contribution in [0.5, 0.6) is 0 Å². The second kappa shape index (κ2) is 17.2. The Bertz CT molecular complexity index is 367. The minimum atomic E-state index is -0.764. The number of carboxylic acids is 1. The van der Waals surface area contributed by atoms with E-state index in [9.17, 15) is 14.4 Å². The maximum absolute atomic E-state index is 11.5. The molecule has 25 heavy (non-hydrogen) atoms. The molecule has 6 nitrogen and oxygen atoms in total. The average Bonchev–Trinajstić information content (AvgIpc) is 2.57. The first-order valence-corrected chi connectivity index (χ1v) is 9.59. The highest BCUT2D eigenvalue weighted by molar-refractivity contribution is 5.69. The van der Waals surface area contributed by atoms with Crippen molar-refractivity contribution in [3.8, 4) is 0 Å². The molecule has 0 bridgehead atoms. The molecular weight excluding hydrogens is 324 g/mol. The lowest BCUT2D eigenvalue weighted by Gasteiger charge is -2.05. The minimum Gasteiger partial charge on any atom is -0.481 e. The fourth-order valence-corrected chi connectivity index (χ4v) is 2.28. The van der Waals surface area contributed by atoms with E-state index < -0.39 is 5.97 Å². The monoisotopic (exact) mass is 358 g/mol. The smallest absolute Gasteiger partial charge is 0.305 e. The summed E-state index contributed by atoms with van der Waals surface area (Å²) in [5.41, 5.74) is 0. The Labute approximate surface area is 151 Å². The lowest BCUT2D eigenvalue weighted by atomic mass is 10.1. The summed E-state index contributed by atoms with van der Waals surface area (Å²) in [6.07, 6.45) is 9.61. The summed E-state index contributed by atoms with van der Waals surface area (Å²) in [6.45, 7) is 2.98. The van der Waals surface area contributed by atoms with E-state index in [1.54, 1.807) is 0 Å². The van der Waals surface area contributed by atoms with E-state index in [4.69, 9.17) is 14.6 Å². The molecular formula is C19H34O6. The molecule has 1 N–H and O–H groups in total. The van der Waals surface area contributed by atoms with Crippen LogP contribution >= 0.6 is 0 Å². The zero-order chi connectivity index (χ0) is 18.8. The highest BCUT2D eigenvalue weighted by Gasteiger charge is 2.05. The first kappa shape index (κ1) is 23.4. The van der Waals surface area contributed by atoms with Gasteiger partial charge in [0.1, 0.15) is 0 Å². The van der Waals surface area contributed by atoms with Gasteiger partial charge in [-0.25, -0.2) is 0 Å². The van der Waals surface area contributed by atoms with E-state index in [1.165, 1.54) is 0 Å². The molecule has 6 heteroatoms. The number of hydrogen-bond donors (Lipinski definition) is 1. The molecule has 0 aliphatic heterocycles. The van der Waals surface area contributed by atoms with Crippen LogP contribution in [0.25, 0.3) is 0 Å². The number of unbranched alkanes of at least 4 members (excludes halogenated alkanes) is 7. The first-order chi connectivity index (χ1) is 12.1. The average molecular weight is 358 g/mol. The Balaban J connectivity index is 3.30. The lowest BCUT2D eigenvalue weighted by Crippen LogP contribution is -2.06. The predicted octanol–water partition coefficient (Wildman–Crippen LogP) is 4.25. The van der Waals surface area contributed by atoms with Crippen LogP contribution in [0.4, 0.5) is 0 Å². The molecule has 0 aliphatic carbocycles. The third kappa shape index (κ3) is 18.6. The van der Waals surface area contributed by atoms with Crippen molar-refractivity contribution in [1.82, 2.24) is 0 Å². The molecule has 0 aromatic carbocycles. The maximum Gasteiger partial charge on any atom is 0.305 e.